The third-order valence-electron chi connectivity index (χ3n) is 4.00. The molecule has 1 aliphatic heterocycles. The molecule has 0 spiro atoms. The summed E-state index contributed by atoms with van der Waals surface area (Å²) >= 11 is 1.70. The topological polar surface area (TPSA) is 76.1 Å². The first-order valence-corrected chi connectivity index (χ1v) is 9.00. The van der Waals surface area contributed by atoms with Gasteiger partial charge in [0.15, 0.2) is 0 Å². The third kappa shape index (κ3) is 5.06. The van der Waals surface area contributed by atoms with Crippen molar-refractivity contribution in [1.29, 1.82) is 0 Å². The van der Waals surface area contributed by atoms with Gasteiger partial charge in [0, 0.05) is 30.5 Å². The molecule has 24 heavy (non-hydrogen) atoms. The SMILES string of the molecule is COc1cc(CCC(=O)N2CCSCC2CC(=O)O)cc(OC)c1. The van der Waals surface area contributed by atoms with E-state index in [1.54, 1.807) is 36.9 Å². The van der Waals surface area contributed by atoms with Crippen molar-refractivity contribution in [3.05, 3.63) is 23.8 Å². The summed E-state index contributed by atoms with van der Waals surface area (Å²) in [6.45, 7) is 0.614. The summed E-state index contributed by atoms with van der Waals surface area (Å²) in [6.07, 6.45) is 0.915. The standard InChI is InChI=1S/C17H23NO5S/c1-22-14-7-12(8-15(10-14)23-2)3-4-16(19)18-5-6-24-11-13(18)9-17(20)21/h7-8,10,13H,3-6,9,11H2,1-2H3,(H,20,21). The number of aliphatic carboxylic acids is 1. The van der Waals surface area contributed by atoms with Crippen LogP contribution in [0.3, 0.4) is 0 Å². The number of thioether (sulfide) groups is 1. The lowest BCUT2D eigenvalue weighted by Crippen LogP contribution is -2.47. The number of carbonyl (C=O) groups is 2. The number of aryl methyl sites for hydroxylation is 1. The fourth-order valence-corrected chi connectivity index (χ4v) is 3.82. The van der Waals surface area contributed by atoms with Gasteiger partial charge in [-0.25, -0.2) is 0 Å². The molecule has 0 aromatic heterocycles. The fraction of sp³-hybridized carbons (Fsp3) is 0.529. The van der Waals surface area contributed by atoms with Crippen LogP contribution in [0.2, 0.25) is 0 Å². The predicted molar refractivity (Wildman–Crippen MR) is 92.9 cm³/mol. The molecule has 0 aliphatic carbocycles. The van der Waals surface area contributed by atoms with Crippen LogP contribution in [0.1, 0.15) is 18.4 Å². The molecular formula is C17H23NO5S. The number of methoxy groups -OCH3 is 2. The minimum Gasteiger partial charge on any atom is -0.497 e. The first-order chi connectivity index (χ1) is 11.5. The Morgan fingerprint density at radius 2 is 1.92 bits per heavy atom. The first kappa shape index (κ1) is 18.4. The van der Waals surface area contributed by atoms with Gasteiger partial charge in [-0.05, 0) is 24.1 Å². The van der Waals surface area contributed by atoms with Crippen LogP contribution in [-0.2, 0) is 16.0 Å². The van der Waals surface area contributed by atoms with E-state index in [-0.39, 0.29) is 18.4 Å². The lowest BCUT2D eigenvalue weighted by Gasteiger charge is -2.34. The Labute approximate surface area is 146 Å². The normalized spacial score (nSPS) is 17.4. The zero-order valence-electron chi connectivity index (χ0n) is 14.0. The summed E-state index contributed by atoms with van der Waals surface area (Å²) < 4.78 is 10.5. The van der Waals surface area contributed by atoms with Crippen LogP contribution >= 0.6 is 11.8 Å². The molecule has 1 unspecified atom stereocenters. The molecule has 1 fully saturated rings. The second kappa shape index (κ2) is 8.82. The van der Waals surface area contributed by atoms with Gasteiger partial charge in [-0.15, -0.1) is 0 Å². The van der Waals surface area contributed by atoms with Crippen molar-refractivity contribution < 1.29 is 24.2 Å². The van der Waals surface area contributed by atoms with E-state index in [4.69, 9.17) is 14.6 Å². The number of amides is 1. The quantitative estimate of drug-likeness (QED) is 0.809. The van der Waals surface area contributed by atoms with Crippen LogP contribution in [0.15, 0.2) is 18.2 Å². The number of hydrogen-bond acceptors (Lipinski definition) is 5. The predicted octanol–water partition coefficient (Wildman–Crippen LogP) is 2.06. The van der Waals surface area contributed by atoms with Gasteiger partial charge in [-0.3, -0.25) is 9.59 Å². The number of carboxylic acids is 1. The summed E-state index contributed by atoms with van der Waals surface area (Å²) in [5.41, 5.74) is 0.959. The minimum absolute atomic E-state index is 0.00309. The van der Waals surface area contributed by atoms with E-state index in [2.05, 4.69) is 0 Å². The fourth-order valence-electron chi connectivity index (χ4n) is 2.76. The van der Waals surface area contributed by atoms with Crippen molar-refractivity contribution in [3.63, 3.8) is 0 Å². The average molecular weight is 353 g/mol. The second-order valence-corrected chi connectivity index (χ2v) is 6.78. The molecule has 7 heteroatoms. The van der Waals surface area contributed by atoms with E-state index < -0.39 is 5.97 Å². The zero-order valence-corrected chi connectivity index (χ0v) is 14.8. The monoisotopic (exact) mass is 353 g/mol. The number of nitrogens with zero attached hydrogens (tertiary/aromatic N) is 1. The highest BCUT2D eigenvalue weighted by molar-refractivity contribution is 7.99. The van der Waals surface area contributed by atoms with Crippen LogP contribution in [0.4, 0.5) is 0 Å². The van der Waals surface area contributed by atoms with Gasteiger partial charge in [-0.1, -0.05) is 0 Å². The van der Waals surface area contributed by atoms with Gasteiger partial charge in [0.1, 0.15) is 11.5 Å². The number of ether oxygens (including phenoxy) is 2. The second-order valence-electron chi connectivity index (χ2n) is 5.63. The van der Waals surface area contributed by atoms with E-state index in [9.17, 15) is 9.59 Å². The number of carbonyl (C=O) groups excluding carboxylic acids is 1. The van der Waals surface area contributed by atoms with Crippen LogP contribution in [0.5, 0.6) is 11.5 Å². The van der Waals surface area contributed by atoms with Crippen LogP contribution in [0.25, 0.3) is 0 Å². The summed E-state index contributed by atoms with van der Waals surface area (Å²) in [4.78, 5) is 25.2. The highest BCUT2D eigenvalue weighted by atomic mass is 32.2. The highest BCUT2D eigenvalue weighted by Gasteiger charge is 2.28. The molecule has 2 rings (SSSR count). The van der Waals surface area contributed by atoms with Crippen molar-refractivity contribution in [3.8, 4) is 11.5 Å². The van der Waals surface area contributed by atoms with Crippen molar-refractivity contribution in [2.24, 2.45) is 0 Å². The van der Waals surface area contributed by atoms with E-state index in [0.717, 1.165) is 11.3 Å². The van der Waals surface area contributed by atoms with Crippen LogP contribution in [0, 0.1) is 0 Å². The highest BCUT2D eigenvalue weighted by Crippen LogP contribution is 2.24. The van der Waals surface area contributed by atoms with Gasteiger partial charge in [-0.2, -0.15) is 11.8 Å². The maximum absolute atomic E-state index is 12.5. The van der Waals surface area contributed by atoms with E-state index >= 15 is 0 Å². The van der Waals surface area contributed by atoms with Crippen LogP contribution < -0.4 is 9.47 Å². The average Bonchev–Trinajstić information content (AvgIpc) is 2.59. The Morgan fingerprint density at radius 1 is 1.25 bits per heavy atom. The van der Waals surface area contributed by atoms with Crippen molar-refractivity contribution in [2.75, 3.05) is 32.3 Å². The molecule has 1 amide bonds. The lowest BCUT2D eigenvalue weighted by atomic mass is 10.1. The van der Waals surface area contributed by atoms with Crippen molar-refractivity contribution >= 4 is 23.6 Å². The lowest BCUT2D eigenvalue weighted by molar-refractivity contribution is -0.140. The van der Waals surface area contributed by atoms with Gasteiger partial charge >= 0.3 is 5.97 Å². The Bertz CT molecular complexity index is 570. The third-order valence-corrected chi connectivity index (χ3v) is 5.09. The maximum Gasteiger partial charge on any atom is 0.305 e. The minimum atomic E-state index is -0.863. The largest absolute Gasteiger partial charge is 0.497 e. The Morgan fingerprint density at radius 3 is 2.50 bits per heavy atom. The molecule has 6 nitrogen and oxygen atoms in total. The van der Waals surface area contributed by atoms with Crippen molar-refractivity contribution in [2.45, 2.75) is 25.3 Å². The summed E-state index contributed by atoms with van der Waals surface area (Å²) in [5, 5.41) is 9.01. The molecule has 1 atom stereocenters. The van der Waals surface area contributed by atoms with Gasteiger partial charge < -0.3 is 19.5 Å². The summed E-state index contributed by atoms with van der Waals surface area (Å²) in [5.74, 6) is 2.06. The number of carboxylic acid groups (broad SMARTS) is 1. The molecule has 1 aromatic rings. The van der Waals surface area contributed by atoms with E-state index in [1.807, 2.05) is 12.1 Å². The van der Waals surface area contributed by atoms with Crippen LogP contribution in [-0.4, -0.2) is 60.2 Å². The van der Waals surface area contributed by atoms with E-state index in [1.165, 1.54) is 0 Å². The molecule has 132 valence electrons. The Hall–Kier alpha value is -1.89. The number of rotatable bonds is 7. The molecule has 1 heterocycles. The number of benzene rings is 1. The molecule has 0 radical (unpaired) electrons. The summed E-state index contributed by atoms with van der Waals surface area (Å²) in [7, 11) is 3.18. The zero-order chi connectivity index (χ0) is 17.5. The molecular weight excluding hydrogens is 330 g/mol. The molecule has 1 N–H and O–H groups in total. The maximum atomic E-state index is 12.5. The van der Waals surface area contributed by atoms with Crippen molar-refractivity contribution in [1.82, 2.24) is 4.90 Å². The molecule has 0 bridgehead atoms. The Balaban J connectivity index is 1.99. The molecule has 1 aliphatic rings. The molecule has 0 saturated carbocycles. The first-order valence-electron chi connectivity index (χ1n) is 7.84. The van der Waals surface area contributed by atoms with Gasteiger partial charge in [0.25, 0.3) is 0 Å². The molecule has 1 saturated heterocycles. The van der Waals surface area contributed by atoms with Gasteiger partial charge in [0.05, 0.1) is 26.7 Å². The summed E-state index contributed by atoms with van der Waals surface area (Å²) in [6, 6.07) is 5.34. The smallest absolute Gasteiger partial charge is 0.305 e. The van der Waals surface area contributed by atoms with Gasteiger partial charge in [0.2, 0.25) is 5.91 Å². The van der Waals surface area contributed by atoms with E-state index in [0.29, 0.717) is 36.6 Å². The molecule has 1 aromatic carbocycles. The number of hydrogen-bond donors (Lipinski definition) is 1. The Kier molecular flexibility index (Phi) is 6.78.